The number of hydrogen-bond donors (Lipinski definition) is 2. The summed E-state index contributed by atoms with van der Waals surface area (Å²) in [5, 5.41) is 6.36. The SMILES string of the molecule is CC(C)C(CNC(=O)c1ccc2c(c1)CCN2)N(C)C. The van der Waals surface area contributed by atoms with Crippen molar-refractivity contribution in [3.63, 3.8) is 0 Å². The Morgan fingerprint density at radius 3 is 2.80 bits per heavy atom. The van der Waals surface area contributed by atoms with E-state index < -0.39 is 0 Å². The van der Waals surface area contributed by atoms with Gasteiger partial charge in [0.15, 0.2) is 0 Å². The lowest BCUT2D eigenvalue weighted by Gasteiger charge is -2.28. The van der Waals surface area contributed by atoms with Gasteiger partial charge in [-0.05, 0) is 50.2 Å². The van der Waals surface area contributed by atoms with Crippen molar-refractivity contribution in [1.82, 2.24) is 10.2 Å². The fourth-order valence-electron chi connectivity index (χ4n) is 2.76. The molecule has 1 aliphatic rings. The molecule has 2 rings (SSSR count). The predicted molar refractivity (Wildman–Crippen MR) is 83.3 cm³/mol. The third-order valence-electron chi connectivity index (χ3n) is 3.98. The van der Waals surface area contributed by atoms with Gasteiger partial charge in [0.2, 0.25) is 0 Å². The molecular formula is C16H25N3O. The normalized spacial score (nSPS) is 15.1. The molecule has 1 aromatic carbocycles. The maximum absolute atomic E-state index is 12.2. The van der Waals surface area contributed by atoms with Gasteiger partial charge in [-0.3, -0.25) is 4.79 Å². The first-order valence-corrected chi connectivity index (χ1v) is 7.30. The van der Waals surface area contributed by atoms with E-state index in [1.807, 2.05) is 18.2 Å². The van der Waals surface area contributed by atoms with Crippen molar-refractivity contribution < 1.29 is 4.79 Å². The maximum atomic E-state index is 12.2. The van der Waals surface area contributed by atoms with Crippen molar-refractivity contribution in [2.45, 2.75) is 26.3 Å². The zero-order valence-corrected chi connectivity index (χ0v) is 12.9. The number of nitrogens with one attached hydrogen (secondary N) is 2. The summed E-state index contributed by atoms with van der Waals surface area (Å²) in [6.07, 6.45) is 1.00. The van der Waals surface area contributed by atoms with E-state index in [0.717, 1.165) is 24.2 Å². The molecule has 1 aromatic rings. The molecule has 1 unspecified atom stereocenters. The van der Waals surface area contributed by atoms with Gasteiger partial charge in [0.25, 0.3) is 5.91 Å². The van der Waals surface area contributed by atoms with E-state index in [-0.39, 0.29) is 5.91 Å². The molecule has 0 aliphatic carbocycles. The predicted octanol–water partition coefficient (Wildman–Crippen LogP) is 1.97. The molecule has 0 bridgehead atoms. The Morgan fingerprint density at radius 1 is 1.40 bits per heavy atom. The molecule has 0 aromatic heterocycles. The van der Waals surface area contributed by atoms with Crippen LogP contribution >= 0.6 is 0 Å². The number of rotatable bonds is 5. The fourth-order valence-corrected chi connectivity index (χ4v) is 2.76. The Labute approximate surface area is 121 Å². The average Bonchev–Trinajstić information content (AvgIpc) is 2.84. The summed E-state index contributed by atoms with van der Waals surface area (Å²) in [5.74, 6) is 0.529. The molecule has 0 saturated heterocycles. The van der Waals surface area contributed by atoms with Crippen LogP contribution in [0.25, 0.3) is 0 Å². The minimum atomic E-state index is 0.0206. The molecule has 0 spiro atoms. The van der Waals surface area contributed by atoms with E-state index in [9.17, 15) is 4.79 Å². The smallest absolute Gasteiger partial charge is 0.251 e. The first kappa shape index (κ1) is 14.9. The summed E-state index contributed by atoms with van der Waals surface area (Å²) in [4.78, 5) is 14.4. The second-order valence-corrected chi connectivity index (χ2v) is 6.03. The second-order valence-electron chi connectivity index (χ2n) is 6.03. The Balaban J connectivity index is 1.98. The summed E-state index contributed by atoms with van der Waals surface area (Å²) in [6.45, 7) is 6.01. The Kier molecular flexibility index (Phi) is 4.65. The number of anilines is 1. The summed E-state index contributed by atoms with van der Waals surface area (Å²) >= 11 is 0. The van der Waals surface area contributed by atoms with Crippen LogP contribution in [0.1, 0.15) is 29.8 Å². The van der Waals surface area contributed by atoms with Gasteiger partial charge in [0.1, 0.15) is 0 Å². The van der Waals surface area contributed by atoms with E-state index in [2.05, 4.69) is 43.5 Å². The molecule has 1 aliphatic heterocycles. The molecule has 0 saturated carbocycles. The highest BCUT2D eigenvalue weighted by Gasteiger charge is 2.18. The van der Waals surface area contributed by atoms with Gasteiger partial charge in [0, 0.05) is 30.4 Å². The number of carbonyl (C=O) groups is 1. The molecule has 1 atom stereocenters. The number of likely N-dealkylation sites (N-methyl/N-ethyl adjacent to an activating group) is 1. The molecule has 4 heteroatoms. The van der Waals surface area contributed by atoms with Gasteiger partial charge in [-0.2, -0.15) is 0 Å². The van der Waals surface area contributed by atoms with E-state index in [1.165, 1.54) is 5.56 Å². The van der Waals surface area contributed by atoms with Crippen LogP contribution in [0, 0.1) is 5.92 Å². The highest BCUT2D eigenvalue weighted by atomic mass is 16.1. The van der Waals surface area contributed by atoms with Crippen molar-refractivity contribution >= 4 is 11.6 Å². The summed E-state index contributed by atoms with van der Waals surface area (Å²) in [7, 11) is 4.11. The third kappa shape index (κ3) is 3.31. The lowest BCUT2D eigenvalue weighted by Crippen LogP contribution is -2.43. The Morgan fingerprint density at radius 2 is 2.15 bits per heavy atom. The maximum Gasteiger partial charge on any atom is 0.251 e. The number of amides is 1. The topological polar surface area (TPSA) is 44.4 Å². The Bertz CT molecular complexity index is 475. The van der Waals surface area contributed by atoms with Crippen molar-refractivity contribution in [1.29, 1.82) is 0 Å². The first-order chi connectivity index (χ1) is 9.49. The largest absolute Gasteiger partial charge is 0.384 e. The summed E-state index contributed by atoms with van der Waals surface area (Å²) < 4.78 is 0. The van der Waals surface area contributed by atoms with Crippen molar-refractivity contribution in [3.8, 4) is 0 Å². The van der Waals surface area contributed by atoms with Crippen molar-refractivity contribution in [3.05, 3.63) is 29.3 Å². The van der Waals surface area contributed by atoms with E-state index in [0.29, 0.717) is 18.5 Å². The zero-order valence-electron chi connectivity index (χ0n) is 12.9. The molecule has 4 nitrogen and oxygen atoms in total. The van der Waals surface area contributed by atoms with E-state index >= 15 is 0 Å². The average molecular weight is 275 g/mol. The molecule has 20 heavy (non-hydrogen) atoms. The summed E-state index contributed by atoms with van der Waals surface area (Å²) in [5.41, 5.74) is 3.16. The summed E-state index contributed by atoms with van der Waals surface area (Å²) in [6, 6.07) is 6.26. The lowest BCUT2D eigenvalue weighted by molar-refractivity contribution is 0.0934. The van der Waals surface area contributed by atoms with Gasteiger partial charge in [-0.1, -0.05) is 13.8 Å². The van der Waals surface area contributed by atoms with Crippen LogP contribution in [0.3, 0.4) is 0 Å². The highest BCUT2D eigenvalue weighted by Crippen LogP contribution is 2.22. The number of carbonyl (C=O) groups excluding carboxylic acids is 1. The molecule has 2 N–H and O–H groups in total. The van der Waals surface area contributed by atoms with E-state index in [1.54, 1.807) is 0 Å². The molecule has 0 radical (unpaired) electrons. The van der Waals surface area contributed by atoms with Crippen LogP contribution in [-0.2, 0) is 6.42 Å². The van der Waals surface area contributed by atoms with Crippen LogP contribution in [-0.4, -0.2) is 44.0 Å². The van der Waals surface area contributed by atoms with Gasteiger partial charge in [-0.15, -0.1) is 0 Å². The van der Waals surface area contributed by atoms with Gasteiger partial charge < -0.3 is 15.5 Å². The first-order valence-electron chi connectivity index (χ1n) is 7.30. The minimum Gasteiger partial charge on any atom is -0.384 e. The number of hydrogen-bond acceptors (Lipinski definition) is 3. The molecular weight excluding hydrogens is 250 g/mol. The van der Waals surface area contributed by atoms with E-state index in [4.69, 9.17) is 0 Å². The standard InChI is InChI=1S/C16H25N3O/c1-11(2)15(19(3)4)10-18-16(20)13-5-6-14-12(9-13)7-8-17-14/h5-6,9,11,15,17H,7-8,10H2,1-4H3,(H,18,20). The molecule has 110 valence electrons. The second kappa shape index (κ2) is 6.27. The fraction of sp³-hybridized carbons (Fsp3) is 0.562. The van der Waals surface area contributed by atoms with Gasteiger partial charge in [0.05, 0.1) is 0 Å². The van der Waals surface area contributed by atoms with Crippen LogP contribution < -0.4 is 10.6 Å². The highest BCUT2D eigenvalue weighted by molar-refractivity contribution is 5.95. The number of benzene rings is 1. The minimum absolute atomic E-state index is 0.0206. The van der Waals surface area contributed by atoms with Crippen molar-refractivity contribution in [2.75, 3.05) is 32.5 Å². The monoisotopic (exact) mass is 275 g/mol. The van der Waals surface area contributed by atoms with Crippen molar-refractivity contribution in [2.24, 2.45) is 5.92 Å². The van der Waals surface area contributed by atoms with Gasteiger partial charge >= 0.3 is 0 Å². The molecule has 0 fully saturated rings. The molecule has 1 heterocycles. The van der Waals surface area contributed by atoms with Crippen LogP contribution in [0.4, 0.5) is 5.69 Å². The number of nitrogens with zero attached hydrogens (tertiary/aromatic N) is 1. The quantitative estimate of drug-likeness (QED) is 0.863. The van der Waals surface area contributed by atoms with Gasteiger partial charge in [-0.25, -0.2) is 0 Å². The molecule has 1 amide bonds. The Hall–Kier alpha value is -1.55. The third-order valence-corrected chi connectivity index (χ3v) is 3.98. The van der Waals surface area contributed by atoms with Crippen LogP contribution in [0.5, 0.6) is 0 Å². The van der Waals surface area contributed by atoms with Crippen LogP contribution in [0.15, 0.2) is 18.2 Å². The van der Waals surface area contributed by atoms with Crippen LogP contribution in [0.2, 0.25) is 0 Å². The zero-order chi connectivity index (χ0) is 14.7. The number of fused-ring (bicyclic) bond motifs is 1. The lowest BCUT2D eigenvalue weighted by atomic mass is 10.0.